The summed E-state index contributed by atoms with van der Waals surface area (Å²) in [6.45, 7) is 12.4. The number of hydrogen-bond donors (Lipinski definition) is 0. The third-order valence-electron chi connectivity index (χ3n) is 15.7. The van der Waals surface area contributed by atoms with Gasteiger partial charge in [0.2, 0.25) is 16.9 Å². The molecule has 0 aliphatic heterocycles. The number of hydrogen-bond acceptors (Lipinski definition) is 18. The van der Waals surface area contributed by atoms with Crippen LogP contribution in [0.3, 0.4) is 0 Å². The van der Waals surface area contributed by atoms with E-state index in [0.29, 0.717) is 73.0 Å². The quantitative estimate of drug-likeness (QED) is 0.103. The Morgan fingerprint density at radius 2 is 0.926 bits per heavy atom. The zero-order valence-corrected chi connectivity index (χ0v) is 54.8. The molecule has 15 rings (SSSR count). The lowest BCUT2D eigenvalue weighted by atomic mass is 10.1. The van der Waals surface area contributed by atoms with E-state index in [4.69, 9.17) is 4.98 Å². The van der Waals surface area contributed by atoms with E-state index in [-0.39, 0.29) is 30.3 Å². The predicted molar refractivity (Wildman–Crippen MR) is 358 cm³/mol. The lowest BCUT2D eigenvalue weighted by Gasteiger charge is -2.13. The Morgan fingerprint density at radius 1 is 0.457 bits per heavy atom. The van der Waals surface area contributed by atoms with E-state index < -0.39 is 33.1 Å². The Kier molecular flexibility index (Phi) is 16.3. The van der Waals surface area contributed by atoms with E-state index in [2.05, 4.69) is 90.1 Å². The van der Waals surface area contributed by atoms with Crippen molar-refractivity contribution in [1.29, 1.82) is 0 Å². The van der Waals surface area contributed by atoms with Gasteiger partial charge in [0.1, 0.15) is 38.9 Å². The average molecular weight is 1320 g/mol. The molecule has 0 N–H and O–H groups in total. The molecule has 0 radical (unpaired) electrons. The molecule has 0 saturated heterocycles. The second kappa shape index (κ2) is 24.6. The van der Waals surface area contributed by atoms with Gasteiger partial charge in [0.25, 0.3) is 0 Å². The highest BCUT2D eigenvalue weighted by Gasteiger charge is 2.22. The summed E-state index contributed by atoms with van der Waals surface area (Å²) < 4.78 is 88.6. The number of halogens is 3. The summed E-state index contributed by atoms with van der Waals surface area (Å²) in [5.41, 5.74) is 10.6. The standard InChI is InChI=1S/C23H21N6OP.C21H18F2N7OP.C21H19FN7OP/c1-15(17-8-11-20-18(13-17)5-4-12-24-20)29-23-22(27-28-29)25-14-21(26-23)16-6-9-19(10-7-16)31(2,3)30;1-29-10-14-6-13(15(22)8-17(14)27-29)11-30-21-20(26-28-30)24-9-18(25-21)12-4-5-19(16(23)7-12)32(2,3)31;1-28-11-15-8-14(17(22)9-18(15)26-28)12-29-21-20(25-27-29)23-10-19(24-21)13-4-6-16(7-5-13)31(2,3)30/h4-15H,1-3H3;4-10H,11H2,1-3H3;4-11H,12H2,1-3H3. The number of rotatable bonds is 12. The van der Waals surface area contributed by atoms with Gasteiger partial charge in [-0.15, -0.1) is 15.3 Å². The minimum Gasteiger partial charge on any atom is -0.319 e. The van der Waals surface area contributed by atoms with E-state index in [0.717, 1.165) is 54.7 Å². The second-order valence-corrected chi connectivity index (χ2v) is 33.4. The largest absolute Gasteiger partial charge is 0.319 e. The molecule has 472 valence electrons. The maximum Gasteiger partial charge on any atom is 0.221 e. The summed E-state index contributed by atoms with van der Waals surface area (Å²) in [5.74, 6) is -1.33. The van der Waals surface area contributed by atoms with Crippen LogP contribution in [0.2, 0.25) is 0 Å². The molecule has 94 heavy (non-hydrogen) atoms. The molecule has 0 aliphatic rings. The van der Waals surface area contributed by atoms with Gasteiger partial charge in [0.05, 0.1) is 71.4 Å². The van der Waals surface area contributed by atoms with E-state index in [1.165, 1.54) is 53.2 Å². The minimum atomic E-state index is -2.74. The Bertz CT molecular complexity index is 5580. The third-order valence-corrected chi connectivity index (χ3v) is 20.3. The molecule has 0 spiro atoms. The number of aromatic nitrogens is 20. The normalized spacial score (nSPS) is 12.4. The fourth-order valence-electron chi connectivity index (χ4n) is 10.7. The molecule has 15 aromatic rings. The van der Waals surface area contributed by atoms with Gasteiger partial charge in [-0.1, -0.05) is 82.4 Å². The van der Waals surface area contributed by atoms with Crippen molar-refractivity contribution >= 4 is 104 Å². The maximum atomic E-state index is 14.6. The van der Waals surface area contributed by atoms with Crippen LogP contribution in [-0.2, 0) is 40.9 Å². The Morgan fingerprint density at radius 3 is 1.41 bits per heavy atom. The topological polar surface area (TPSA) is 269 Å². The molecular weight excluding hydrogens is 1260 g/mol. The summed E-state index contributed by atoms with van der Waals surface area (Å²) in [7, 11) is -3.79. The fourth-order valence-corrected chi connectivity index (χ4v) is 13.5. The zero-order chi connectivity index (χ0) is 66.0. The number of fused-ring (bicyclic) bond motifs is 6. The number of aryl methyl sites for hydroxylation is 2. The summed E-state index contributed by atoms with van der Waals surface area (Å²) in [6.07, 6.45) is 10.2. The molecule has 6 aromatic carbocycles. The van der Waals surface area contributed by atoms with Gasteiger partial charge in [-0.3, -0.25) is 14.3 Å². The average Bonchev–Trinajstić information content (AvgIpc) is 1.56. The van der Waals surface area contributed by atoms with Gasteiger partial charge in [-0.25, -0.2) is 57.1 Å². The summed E-state index contributed by atoms with van der Waals surface area (Å²) >= 11 is 0. The lowest BCUT2D eigenvalue weighted by molar-refractivity contribution is 0.556. The van der Waals surface area contributed by atoms with Gasteiger partial charge >= 0.3 is 0 Å². The molecule has 1 atom stereocenters. The Labute approximate surface area is 534 Å². The van der Waals surface area contributed by atoms with Crippen molar-refractivity contribution in [3.05, 3.63) is 193 Å². The molecule has 0 saturated carbocycles. The van der Waals surface area contributed by atoms with Crippen molar-refractivity contribution in [2.45, 2.75) is 26.1 Å². The van der Waals surface area contributed by atoms with Gasteiger partial charge in [0.15, 0.2) is 16.9 Å². The van der Waals surface area contributed by atoms with Crippen molar-refractivity contribution in [3.8, 4) is 33.8 Å². The van der Waals surface area contributed by atoms with Crippen molar-refractivity contribution < 1.29 is 26.9 Å². The van der Waals surface area contributed by atoms with Crippen LogP contribution in [0.1, 0.15) is 29.7 Å². The monoisotopic (exact) mass is 1320 g/mol. The van der Waals surface area contributed by atoms with E-state index in [1.54, 1.807) is 97.8 Å². The molecule has 9 heterocycles. The van der Waals surface area contributed by atoms with Crippen LogP contribution in [0, 0.1) is 17.5 Å². The highest BCUT2D eigenvalue weighted by atomic mass is 31.2. The van der Waals surface area contributed by atoms with Crippen molar-refractivity contribution in [3.63, 3.8) is 0 Å². The smallest absolute Gasteiger partial charge is 0.221 e. The van der Waals surface area contributed by atoms with Gasteiger partial charge in [-0.05, 0) is 94.9 Å². The first-order valence-electron chi connectivity index (χ1n) is 29.3. The molecule has 9 aromatic heterocycles. The molecule has 0 bridgehead atoms. The van der Waals surface area contributed by atoms with Crippen LogP contribution in [0.5, 0.6) is 0 Å². The van der Waals surface area contributed by atoms with Crippen molar-refractivity contribution in [2.75, 3.05) is 40.0 Å². The highest BCUT2D eigenvalue weighted by molar-refractivity contribution is 7.70. The molecule has 0 aliphatic carbocycles. The Hall–Kier alpha value is -10.4. The van der Waals surface area contributed by atoms with Gasteiger partial charge in [0, 0.05) is 105 Å². The van der Waals surface area contributed by atoms with Crippen LogP contribution in [0.15, 0.2) is 159 Å². The number of benzene rings is 6. The van der Waals surface area contributed by atoms with Crippen molar-refractivity contribution in [2.24, 2.45) is 14.1 Å². The van der Waals surface area contributed by atoms with E-state index in [9.17, 15) is 26.9 Å². The lowest BCUT2D eigenvalue weighted by Crippen LogP contribution is -2.10. The maximum absolute atomic E-state index is 14.6. The first-order chi connectivity index (χ1) is 44.9. The van der Waals surface area contributed by atoms with Gasteiger partial charge < -0.3 is 13.7 Å². The van der Waals surface area contributed by atoms with Crippen LogP contribution >= 0.6 is 21.4 Å². The number of nitrogens with zero attached hydrogens (tertiary/aromatic N) is 20. The third kappa shape index (κ3) is 12.9. The highest BCUT2D eigenvalue weighted by Crippen LogP contribution is 2.38. The van der Waals surface area contributed by atoms with E-state index in [1.807, 2.05) is 72.9 Å². The zero-order valence-electron chi connectivity index (χ0n) is 52.1. The summed E-state index contributed by atoms with van der Waals surface area (Å²) in [5, 5.41) is 37.7. The van der Waals surface area contributed by atoms with Crippen LogP contribution in [0.4, 0.5) is 13.2 Å². The summed E-state index contributed by atoms with van der Waals surface area (Å²) in [4.78, 5) is 31.4. The first kappa shape index (κ1) is 62.4. The molecular formula is C65H58F3N20O3P3. The Balaban J connectivity index is 0.000000128. The molecule has 1 unspecified atom stereocenters. The molecule has 0 amide bonds. The number of pyridine rings is 1. The molecule has 29 heteroatoms. The molecule has 23 nitrogen and oxygen atoms in total. The fraction of sp³-hybridized carbons (Fsp3) is 0.185. The molecule has 0 fully saturated rings. The first-order valence-corrected chi connectivity index (χ1v) is 37.1. The van der Waals surface area contributed by atoms with Gasteiger partial charge in [-0.2, -0.15) is 10.2 Å². The minimum absolute atomic E-state index is 0.0763. The van der Waals surface area contributed by atoms with Crippen molar-refractivity contribution in [1.82, 2.24) is 99.4 Å². The SMILES string of the molecule is CC(c1ccc2ncccc2c1)n1nnc2ncc(-c3ccc(P(C)(C)=O)cc3)nc21.Cn1cc2cc(Cn3nnc4ncc(-c5ccc(P(C)(C)=O)c(F)c5)nc43)c(F)cc2n1.Cn1cc2cc(Cn3nnc4ncc(-c5ccc(P(C)(C)=O)cc5)nc43)c(F)cc2n1. The van der Waals surface area contributed by atoms with Crippen LogP contribution in [0.25, 0.3) is 100 Å². The van der Waals surface area contributed by atoms with Crippen LogP contribution < -0.4 is 15.9 Å². The summed E-state index contributed by atoms with van der Waals surface area (Å²) in [6, 6.07) is 35.9. The predicted octanol–water partition coefficient (Wildman–Crippen LogP) is 10.9. The van der Waals surface area contributed by atoms with E-state index >= 15 is 0 Å². The van der Waals surface area contributed by atoms with Crippen LogP contribution in [-0.4, -0.2) is 139 Å². The second-order valence-electron chi connectivity index (χ2n) is 23.8.